The maximum Gasteiger partial charge on any atom is 0.223 e. The number of likely N-dealkylation sites (tertiary alicyclic amines) is 1. The number of thiophene rings is 1. The van der Waals surface area contributed by atoms with Crippen molar-refractivity contribution in [2.75, 3.05) is 39.3 Å². The first kappa shape index (κ1) is 16.5. The first-order valence-electron chi connectivity index (χ1n) is 8.29. The molecule has 1 aromatic rings. The summed E-state index contributed by atoms with van der Waals surface area (Å²) in [6.45, 7) is 9.31. The molecule has 1 atom stereocenters. The minimum Gasteiger partial charge on any atom is -0.342 e. The van der Waals surface area contributed by atoms with Gasteiger partial charge in [0.05, 0.1) is 0 Å². The van der Waals surface area contributed by atoms with Crippen LogP contribution >= 0.6 is 11.3 Å². The van der Waals surface area contributed by atoms with Gasteiger partial charge in [0.2, 0.25) is 11.8 Å². The highest BCUT2D eigenvalue weighted by atomic mass is 32.1. The average Bonchev–Trinajstić information content (AvgIpc) is 3.06. The van der Waals surface area contributed by atoms with Gasteiger partial charge in [-0.05, 0) is 18.4 Å². The van der Waals surface area contributed by atoms with Crippen LogP contribution in [0.5, 0.6) is 0 Å². The van der Waals surface area contributed by atoms with Crippen LogP contribution in [0.1, 0.15) is 25.1 Å². The topological polar surface area (TPSA) is 43.9 Å². The Morgan fingerprint density at radius 3 is 2.74 bits per heavy atom. The Morgan fingerprint density at radius 1 is 1.30 bits per heavy atom. The third kappa shape index (κ3) is 3.58. The number of hydrogen-bond acceptors (Lipinski definition) is 4. The van der Waals surface area contributed by atoms with Gasteiger partial charge in [0.15, 0.2) is 0 Å². The van der Waals surface area contributed by atoms with E-state index in [4.69, 9.17) is 0 Å². The molecule has 6 heteroatoms. The summed E-state index contributed by atoms with van der Waals surface area (Å²) in [6, 6.07) is 4.23. The molecule has 2 saturated heterocycles. The SMILES string of the molecule is CCN1C[C@@]2(CC1=O)CN(Cc1cccs1)CCN(C(C)=O)C2. The summed E-state index contributed by atoms with van der Waals surface area (Å²) in [4.78, 5) is 31.9. The van der Waals surface area contributed by atoms with Crippen molar-refractivity contribution in [2.45, 2.75) is 26.8 Å². The molecule has 0 aliphatic carbocycles. The van der Waals surface area contributed by atoms with E-state index in [-0.39, 0.29) is 17.2 Å². The Hall–Kier alpha value is -1.40. The van der Waals surface area contributed by atoms with Crippen molar-refractivity contribution < 1.29 is 9.59 Å². The van der Waals surface area contributed by atoms with Crippen molar-refractivity contribution in [3.05, 3.63) is 22.4 Å². The minimum absolute atomic E-state index is 0.116. The smallest absolute Gasteiger partial charge is 0.223 e. The Kier molecular flexibility index (Phi) is 4.73. The molecule has 2 fully saturated rings. The molecular formula is C17H25N3O2S. The minimum atomic E-state index is -0.119. The number of amides is 2. The molecule has 3 rings (SSSR count). The molecule has 0 aromatic carbocycles. The fourth-order valence-electron chi connectivity index (χ4n) is 3.86. The second-order valence-corrected chi connectivity index (χ2v) is 7.85. The van der Waals surface area contributed by atoms with E-state index in [0.29, 0.717) is 13.0 Å². The van der Waals surface area contributed by atoms with Crippen LogP contribution in [0.25, 0.3) is 0 Å². The van der Waals surface area contributed by atoms with Gasteiger partial charge in [0.25, 0.3) is 0 Å². The Labute approximate surface area is 141 Å². The van der Waals surface area contributed by atoms with Crippen molar-refractivity contribution in [1.29, 1.82) is 0 Å². The molecule has 0 unspecified atom stereocenters. The van der Waals surface area contributed by atoms with E-state index < -0.39 is 0 Å². The zero-order valence-corrected chi connectivity index (χ0v) is 14.8. The third-order valence-electron chi connectivity index (χ3n) is 4.96. The van der Waals surface area contributed by atoms with E-state index in [0.717, 1.165) is 39.3 Å². The predicted octanol–water partition coefficient (Wildman–Crippen LogP) is 1.65. The Morgan fingerprint density at radius 2 is 2.13 bits per heavy atom. The van der Waals surface area contributed by atoms with Gasteiger partial charge in [-0.2, -0.15) is 0 Å². The molecule has 126 valence electrons. The normalized spacial score (nSPS) is 26.1. The quantitative estimate of drug-likeness (QED) is 0.844. The molecular weight excluding hydrogens is 310 g/mol. The molecule has 3 heterocycles. The summed E-state index contributed by atoms with van der Waals surface area (Å²) in [5, 5.41) is 2.10. The molecule has 2 aliphatic heterocycles. The molecule has 1 spiro atoms. The average molecular weight is 335 g/mol. The fraction of sp³-hybridized carbons (Fsp3) is 0.647. The van der Waals surface area contributed by atoms with E-state index in [2.05, 4.69) is 22.4 Å². The van der Waals surface area contributed by atoms with E-state index >= 15 is 0 Å². The number of nitrogens with zero attached hydrogens (tertiary/aromatic N) is 3. The standard InChI is InChI=1S/C17H25N3O2S/c1-3-19-12-17(9-16(19)22)11-18(10-15-5-4-8-23-15)6-7-20(13-17)14(2)21/h4-5,8H,3,6-7,9-13H2,1-2H3/t17-/m1/s1. The van der Waals surface area contributed by atoms with Gasteiger partial charge in [-0.3, -0.25) is 14.5 Å². The summed E-state index contributed by atoms with van der Waals surface area (Å²) < 4.78 is 0. The van der Waals surface area contributed by atoms with Gasteiger partial charge < -0.3 is 9.80 Å². The molecule has 2 aliphatic rings. The van der Waals surface area contributed by atoms with Crippen LogP contribution in [0, 0.1) is 5.41 Å². The highest BCUT2D eigenvalue weighted by Gasteiger charge is 2.46. The van der Waals surface area contributed by atoms with E-state index in [1.807, 2.05) is 16.7 Å². The first-order valence-corrected chi connectivity index (χ1v) is 9.17. The molecule has 0 N–H and O–H groups in total. The monoisotopic (exact) mass is 335 g/mol. The van der Waals surface area contributed by atoms with Crippen molar-refractivity contribution in [2.24, 2.45) is 5.41 Å². The lowest BCUT2D eigenvalue weighted by Gasteiger charge is -2.33. The largest absolute Gasteiger partial charge is 0.342 e. The maximum atomic E-state index is 12.3. The first-order chi connectivity index (χ1) is 11.0. The van der Waals surface area contributed by atoms with Gasteiger partial charge in [-0.15, -0.1) is 11.3 Å². The van der Waals surface area contributed by atoms with Crippen molar-refractivity contribution in [1.82, 2.24) is 14.7 Å². The van der Waals surface area contributed by atoms with Crippen LogP contribution in [-0.2, 0) is 16.1 Å². The lowest BCUT2D eigenvalue weighted by atomic mass is 9.86. The lowest BCUT2D eigenvalue weighted by molar-refractivity contribution is -0.130. The second-order valence-electron chi connectivity index (χ2n) is 6.82. The van der Waals surface area contributed by atoms with Gasteiger partial charge in [0.1, 0.15) is 0 Å². The second kappa shape index (κ2) is 6.61. The molecule has 23 heavy (non-hydrogen) atoms. The molecule has 2 amide bonds. The van der Waals surface area contributed by atoms with Gasteiger partial charge in [0, 0.05) is 69.4 Å². The Bertz CT molecular complexity index is 574. The number of hydrogen-bond donors (Lipinski definition) is 0. The third-order valence-corrected chi connectivity index (χ3v) is 5.82. The van der Waals surface area contributed by atoms with E-state index in [1.165, 1.54) is 4.88 Å². The summed E-state index contributed by atoms with van der Waals surface area (Å²) in [6.07, 6.45) is 0.561. The van der Waals surface area contributed by atoms with Crippen LogP contribution in [-0.4, -0.2) is 65.8 Å². The van der Waals surface area contributed by atoms with Gasteiger partial charge in [-0.25, -0.2) is 0 Å². The van der Waals surface area contributed by atoms with Crippen LogP contribution in [0.2, 0.25) is 0 Å². The van der Waals surface area contributed by atoms with Crippen LogP contribution in [0.3, 0.4) is 0 Å². The molecule has 1 aromatic heterocycles. The van der Waals surface area contributed by atoms with Crippen LogP contribution < -0.4 is 0 Å². The highest BCUT2D eigenvalue weighted by molar-refractivity contribution is 7.09. The lowest BCUT2D eigenvalue weighted by Crippen LogP contribution is -2.43. The molecule has 5 nitrogen and oxygen atoms in total. The number of rotatable bonds is 3. The number of carbonyl (C=O) groups excluding carboxylic acids is 2. The summed E-state index contributed by atoms with van der Waals surface area (Å²) in [7, 11) is 0. The molecule has 0 saturated carbocycles. The zero-order chi connectivity index (χ0) is 16.4. The maximum absolute atomic E-state index is 12.3. The molecule has 0 radical (unpaired) electrons. The van der Waals surface area contributed by atoms with Crippen molar-refractivity contribution in [3.63, 3.8) is 0 Å². The van der Waals surface area contributed by atoms with Gasteiger partial charge >= 0.3 is 0 Å². The van der Waals surface area contributed by atoms with Crippen LogP contribution in [0.15, 0.2) is 17.5 Å². The van der Waals surface area contributed by atoms with Crippen molar-refractivity contribution in [3.8, 4) is 0 Å². The van der Waals surface area contributed by atoms with E-state index in [1.54, 1.807) is 18.3 Å². The molecule has 0 bridgehead atoms. The summed E-state index contributed by atoms with van der Waals surface area (Å²) in [5.41, 5.74) is -0.119. The fourth-order valence-corrected chi connectivity index (χ4v) is 4.60. The van der Waals surface area contributed by atoms with Crippen LogP contribution in [0.4, 0.5) is 0 Å². The summed E-state index contributed by atoms with van der Waals surface area (Å²) >= 11 is 1.77. The number of carbonyl (C=O) groups is 2. The zero-order valence-electron chi connectivity index (χ0n) is 14.0. The predicted molar refractivity (Wildman–Crippen MR) is 91.2 cm³/mol. The van der Waals surface area contributed by atoms with E-state index in [9.17, 15) is 9.59 Å². The Balaban J connectivity index is 1.80. The highest BCUT2D eigenvalue weighted by Crippen LogP contribution is 2.35. The summed E-state index contributed by atoms with van der Waals surface area (Å²) in [5.74, 6) is 0.346. The van der Waals surface area contributed by atoms with Crippen molar-refractivity contribution >= 4 is 23.2 Å². The van der Waals surface area contributed by atoms with Gasteiger partial charge in [-0.1, -0.05) is 6.07 Å².